The van der Waals surface area contributed by atoms with Gasteiger partial charge in [-0.05, 0) is 34.1 Å². The molecule has 0 bridgehead atoms. The Labute approximate surface area is 122 Å². The maximum Gasteiger partial charge on any atom is 0.255 e. The van der Waals surface area contributed by atoms with Gasteiger partial charge in [0.15, 0.2) is 0 Å². The van der Waals surface area contributed by atoms with Gasteiger partial charge < -0.3 is 11.1 Å². The molecule has 0 aliphatic heterocycles. The van der Waals surface area contributed by atoms with Crippen molar-refractivity contribution in [2.45, 2.75) is 6.54 Å². The summed E-state index contributed by atoms with van der Waals surface area (Å²) in [6.07, 6.45) is 1.45. The minimum Gasteiger partial charge on any atom is -0.383 e. The van der Waals surface area contributed by atoms with Gasteiger partial charge in [0.25, 0.3) is 5.91 Å². The smallest absolute Gasteiger partial charge is 0.255 e. The molecule has 104 valence electrons. The summed E-state index contributed by atoms with van der Waals surface area (Å²) < 4.78 is 27.4. The van der Waals surface area contributed by atoms with Crippen LogP contribution in [0, 0.1) is 11.6 Å². The second-order valence-electron chi connectivity index (χ2n) is 3.97. The van der Waals surface area contributed by atoms with Crippen LogP contribution in [0.15, 0.2) is 34.9 Å². The van der Waals surface area contributed by atoms with Crippen molar-refractivity contribution in [3.8, 4) is 0 Å². The highest BCUT2D eigenvalue weighted by Gasteiger charge is 2.14. The number of benzene rings is 1. The molecule has 1 amide bonds. The van der Waals surface area contributed by atoms with Crippen molar-refractivity contribution in [2.24, 2.45) is 0 Å². The number of carbonyl (C=O) groups excluding carboxylic acids is 1. The molecular formula is C13H10BrF2N3O. The van der Waals surface area contributed by atoms with Crippen molar-refractivity contribution in [2.75, 3.05) is 5.73 Å². The average molecular weight is 342 g/mol. The molecule has 2 aromatic rings. The van der Waals surface area contributed by atoms with E-state index in [4.69, 9.17) is 5.73 Å². The van der Waals surface area contributed by atoms with Crippen LogP contribution in [0.3, 0.4) is 0 Å². The summed E-state index contributed by atoms with van der Waals surface area (Å²) in [5, 5.41) is 2.41. The number of nitrogen functional groups attached to an aromatic ring is 1. The van der Waals surface area contributed by atoms with Gasteiger partial charge in [-0.3, -0.25) is 4.79 Å². The number of halogens is 3. The maximum atomic E-state index is 13.4. The second-order valence-corrected chi connectivity index (χ2v) is 4.88. The topological polar surface area (TPSA) is 68.0 Å². The van der Waals surface area contributed by atoms with Crippen molar-refractivity contribution < 1.29 is 13.6 Å². The van der Waals surface area contributed by atoms with Crippen LogP contribution >= 0.6 is 15.9 Å². The van der Waals surface area contributed by atoms with Crippen molar-refractivity contribution >= 4 is 27.7 Å². The summed E-state index contributed by atoms with van der Waals surface area (Å²) in [6, 6.07) is 4.99. The fourth-order valence-corrected chi connectivity index (χ4v) is 1.93. The highest BCUT2D eigenvalue weighted by Crippen LogP contribution is 2.16. The number of nitrogens with two attached hydrogens (primary N) is 1. The highest BCUT2D eigenvalue weighted by atomic mass is 79.9. The zero-order chi connectivity index (χ0) is 14.7. The molecule has 0 unspecified atom stereocenters. The Hall–Kier alpha value is -2.02. The fraction of sp³-hybridized carbons (Fsp3) is 0.0769. The molecular weight excluding hydrogens is 332 g/mol. The van der Waals surface area contributed by atoms with E-state index in [-0.39, 0.29) is 23.5 Å². The van der Waals surface area contributed by atoms with Gasteiger partial charge in [-0.1, -0.05) is 6.07 Å². The first kappa shape index (κ1) is 14.4. The van der Waals surface area contributed by atoms with Gasteiger partial charge in [-0.25, -0.2) is 13.8 Å². The predicted octanol–water partition coefficient (Wildman–Crippen LogP) is 2.63. The first-order valence-electron chi connectivity index (χ1n) is 5.61. The summed E-state index contributed by atoms with van der Waals surface area (Å²) >= 11 is 3.17. The van der Waals surface area contributed by atoms with E-state index in [0.29, 0.717) is 4.47 Å². The first-order chi connectivity index (χ1) is 9.49. The van der Waals surface area contributed by atoms with Crippen LogP contribution in [0.2, 0.25) is 0 Å². The Bertz CT molecular complexity index is 644. The van der Waals surface area contributed by atoms with E-state index in [0.717, 1.165) is 12.1 Å². The van der Waals surface area contributed by atoms with E-state index >= 15 is 0 Å². The van der Waals surface area contributed by atoms with Crippen molar-refractivity contribution in [1.29, 1.82) is 0 Å². The van der Waals surface area contributed by atoms with E-state index in [9.17, 15) is 13.6 Å². The lowest BCUT2D eigenvalue weighted by Gasteiger charge is -2.08. The monoisotopic (exact) mass is 341 g/mol. The van der Waals surface area contributed by atoms with Crippen molar-refractivity contribution in [3.05, 3.63) is 57.7 Å². The molecule has 0 atom stereocenters. The molecule has 1 aromatic heterocycles. The number of anilines is 1. The average Bonchev–Trinajstić information content (AvgIpc) is 2.40. The molecule has 4 nitrogen and oxygen atoms in total. The van der Waals surface area contributed by atoms with Crippen LogP contribution in [0.1, 0.15) is 15.9 Å². The van der Waals surface area contributed by atoms with Gasteiger partial charge in [-0.15, -0.1) is 0 Å². The van der Waals surface area contributed by atoms with Crippen LogP contribution in [-0.4, -0.2) is 10.9 Å². The molecule has 1 aromatic carbocycles. The lowest BCUT2D eigenvalue weighted by atomic mass is 10.2. The number of rotatable bonds is 3. The van der Waals surface area contributed by atoms with Gasteiger partial charge in [0, 0.05) is 22.8 Å². The number of nitrogens with one attached hydrogen (secondary N) is 1. The number of amides is 1. The van der Waals surface area contributed by atoms with Gasteiger partial charge in [0.05, 0.1) is 5.56 Å². The number of hydrogen-bond donors (Lipinski definition) is 2. The van der Waals surface area contributed by atoms with Crippen LogP contribution < -0.4 is 11.1 Å². The normalized spacial score (nSPS) is 10.3. The number of aromatic nitrogens is 1. The summed E-state index contributed by atoms with van der Waals surface area (Å²) in [5.74, 6) is -1.95. The molecule has 3 N–H and O–H groups in total. The molecule has 0 radical (unpaired) electrons. The lowest BCUT2D eigenvalue weighted by molar-refractivity contribution is 0.0951. The summed E-state index contributed by atoms with van der Waals surface area (Å²) in [4.78, 5) is 15.7. The van der Waals surface area contributed by atoms with E-state index in [1.54, 1.807) is 0 Å². The summed E-state index contributed by atoms with van der Waals surface area (Å²) in [5.41, 5.74) is 5.51. The van der Waals surface area contributed by atoms with Crippen LogP contribution in [0.25, 0.3) is 0 Å². The number of hydrogen-bond acceptors (Lipinski definition) is 3. The van der Waals surface area contributed by atoms with Crippen molar-refractivity contribution in [1.82, 2.24) is 10.3 Å². The molecule has 7 heteroatoms. The summed E-state index contributed by atoms with van der Waals surface area (Å²) in [7, 11) is 0. The first-order valence-corrected chi connectivity index (χ1v) is 6.40. The second kappa shape index (κ2) is 5.96. The largest absolute Gasteiger partial charge is 0.383 e. The van der Waals surface area contributed by atoms with E-state index in [2.05, 4.69) is 26.2 Å². The van der Waals surface area contributed by atoms with Crippen LogP contribution in [0.4, 0.5) is 14.6 Å². The maximum absolute atomic E-state index is 13.4. The molecule has 1 heterocycles. The zero-order valence-corrected chi connectivity index (χ0v) is 11.7. The zero-order valence-electron chi connectivity index (χ0n) is 10.2. The van der Waals surface area contributed by atoms with Gasteiger partial charge in [-0.2, -0.15) is 0 Å². The van der Waals surface area contributed by atoms with Crippen molar-refractivity contribution in [3.63, 3.8) is 0 Å². The molecule has 20 heavy (non-hydrogen) atoms. The minimum absolute atomic E-state index is 0.0414. The minimum atomic E-state index is -0.717. The molecule has 0 aliphatic rings. The summed E-state index contributed by atoms with van der Waals surface area (Å²) in [6.45, 7) is -0.275. The van der Waals surface area contributed by atoms with Gasteiger partial charge in [0.2, 0.25) is 0 Å². The molecule has 0 aliphatic carbocycles. The van der Waals surface area contributed by atoms with E-state index < -0.39 is 17.5 Å². The number of carbonyl (C=O) groups is 1. The third kappa shape index (κ3) is 3.11. The number of pyridine rings is 1. The lowest BCUT2D eigenvalue weighted by Crippen LogP contribution is -2.25. The molecule has 0 spiro atoms. The molecule has 0 saturated carbocycles. The molecule has 0 saturated heterocycles. The van der Waals surface area contributed by atoms with E-state index in [1.807, 2.05) is 0 Å². The Morgan fingerprint density at radius 1 is 1.35 bits per heavy atom. The number of nitrogens with zero attached hydrogens (tertiary/aromatic N) is 1. The van der Waals surface area contributed by atoms with Crippen LogP contribution in [0.5, 0.6) is 0 Å². The fourth-order valence-electron chi connectivity index (χ4n) is 1.60. The highest BCUT2D eigenvalue weighted by molar-refractivity contribution is 9.10. The third-order valence-electron chi connectivity index (χ3n) is 2.62. The Kier molecular flexibility index (Phi) is 4.29. The van der Waals surface area contributed by atoms with Gasteiger partial charge in [0.1, 0.15) is 17.5 Å². The predicted molar refractivity (Wildman–Crippen MR) is 73.9 cm³/mol. The van der Waals surface area contributed by atoms with Gasteiger partial charge >= 0.3 is 0 Å². The Morgan fingerprint density at radius 2 is 2.00 bits per heavy atom. The van der Waals surface area contributed by atoms with E-state index in [1.165, 1.54) is 18.3 Å². The third-order valence-corrected chi connectivity index (χ3v) is 3.05. The molecule has 2 rings (SSSR count). The molecule has 0 fully saturated rings. The standard InChI is InChI=1S/C13H10BrF2N3O/c14-7-4-8(12(17)18-5-7)13(20)19-6-9-10(15)2-1-3-11(9)16/h1-5H,6H2,(H2,17,18)(H,19,20). The Balaban J connectivity index is 2.15. The SMILES string of the molecule is Nc1ncc(Br)cc1C(=O)NCc1c(F)cccc1F. The quantitative estimate of drug-likeness (QED) is 0.901. The van der Waals surface area contributed by atoms with Crippen LogP contribution in [-0.2, 0) is 6.54 Å². The Morgan fingerprint density at radius 3 is 2.65 bits per heavy atom.